The molecule has 0 saturated carbocycles. The summed E-state index contributed by atoms with van der Waals surface area (Å²) in [5.74, 6) is -0.0824. The number of amides is 2. The van der Waals surface area contributed by atoms with Crippen LogP contribution in [-0.2, 0) is 16.1 Å². The smallest absolute Gasteiger partial charge is 0.245 e. The predicted molar refractivity (Wildman–Crippen MR) is 69.1 cm³/mol. The third kappa shape index (κ3) is 2.25. The quantitative estimate of drug-likeness (QED) is 0.891. The van der Waals surface area contributed by atoms with Gasteiger partial charge in [0.05, 0.1) is 17.7 Å². The van der Waals surface area contributed by atoms with Crippen molar-refractivity contribution in [2.45, 2.75) is 45.8 Å². The Labute approximate surface area is 110 Å². The largest absolute Gasteiger partial charge is 0.343 e. The van der Waals surface area contributed by atoms with E-state index in [0.29, 0.717) is 13.0 Å². The summed E-state index contributed by atoms with van der Waals surface area (Å²) < 4.78 is 0. The van der Waals surface area contributed by atoms with Crippen LogP contribution < -0.4 is 5.32 Å². The summed E-state index contributed by atoms with van der Waals surface area (Å²) in [6, 6.07) is -0.802. The summed E-state index contributed by atoms with van der Waals surface area (Å²) in [5.41, 5.74) is 2.70. The lowest BCUT2D eigenvalue weighted by Crippen LogP contribution is -2.61. The summed E-state index contributed by atoms with van der Waals surface area (Å²) in [7, 11) is 0. The van der Waals surface area contributed by atoms with E-state index in [0.717, 1.165) is 10.6 Å². The Kier molecular flexibility index (Phi) is 3.65. The van der Waals surface area contributed by atoms with Gasteiger partial charge in [0.15, 0.2) is 0 Å². The van der Waals surface area contributed by atoms with E-state index in [1.54, 1.807) is 17.3 Å². The minimum atomic E-state index is -0.437. The van der Waals surface area contributed by atoms with Crippen molar-refractivity contribution >= 4 is 23.2 Å². The lowest BCUT2D eigenvalue weighted by atomic mass is 10.1. The van der Waals surface area contributed by atoms with Gasteiger partial charge < -0.3 is 10.2 Å². The molecule has 0 aromatic carbocycles. The fraction of sp³-hybridized carbons (Fsp3) is 0.583. The van der Waals surface area contributed by atoms with E-state index < -0.39 is 6.04 Å². The second-order valence-electron chi connectivity index (χ2n) is 4.48. The van der Waals surface area contributed by atoms with Crippen LogP contribution in [0.5, 0.6) is 0 Å². The van der Waals surface area contributed by atoms with Gasteiger partial charge >= 0.3 is 0 Å². The van der Waals surface area contributed by atoms with Crippen molar-refractivity contribution in [2.24, 2.45) is 0 Å². The zero-order valence-electron chi connectivity index (χ0n) is 10.8. The number of carbonyl (C=O) groups is 2. The van der Waals surface area contributed by atoms with Crippen LogP contribution in [0.4, 0.5) is 0 Å². The first kappa shape index (κ1) is 13.0. The first-order valence-corrected chi connectivity index (χ1v) is 6.92. The molecule has 2 heterocycles. The molecule has 6 heteroatoms. The molecule has 0 radical (unpaired) electrons. The van der Waals surface area contributed by atoms with E-state index in [2.05, 4.69) is 10.3 Å². The molecule has 1 aromatic rings. The number of piperazine rings is 1. The molecular formula is C12H17N3O2S. The van der Waals surface area contributed by atoms with Crippen molar-refractivity contribution < 1.29 is 9.59 Å². The standard InChI is InChI=1S/C12H17N3O2S/c1-4-9-11(16)14-8(3)12(17)15(9)5-10-7(2)13-6-18-10/h6,8-9H,4-5H2,1-3H3,(H,14,16). The maximum atomic E-state index is 12.2. The molecule has 2 unspecified atom stereocenters. The first-order chi connectivity index (χ1) is 8.54. The van der Waals surface area contributed by atoms with Gasteiger partial charge in [0, 0.05) is 4.88 Å². The van der Waals surface area contributed by atoms with E-state index in [4.69, 9.17) is 0 Å². The number of thiazole rings is 1. The fourth-order valence-corrected chi connectivity index (χ4v) is 2.92. The molecule has 0 bridgehead atoms. The van der Waals surface area contributed by atoms with Crippen LogP contribution in [-0.4, -0.2) is 33.8 Å². The van der Waals surface area contributed by atoms with Crippen LogP contribution >= 0.6 is 11.3 Å². The van der Waals surface area contributed by atoms with E-state index in [-0.39, 0.29) is 17.9 Å². The lowest BCUT2D eigenvalue weighted by molar-refractivity contribution is -0.149. The number of hydrogen-bond acceptors (Lipinski definition) is 4. The molecule has 1 aliphatic heterocycles. The Balaban J connectivity index is 2.24. The average Bonchev–Trinajstić information content (AvgIpc) is 2.72. The minimum Gasteiger partial charge on any atom is -0.343 e. The third-order valence-corrected chi connectivity index (χ3v) is 4.16. The number of rotatable bonds is 3. The first-order valence-electron chi connectivity index (χ1n) is 6.04. The molecule has 0 spiro atoms. The van der Waals surface area contributed by atoms with Crippen LogP contribution in [0.2, 0.25) is 0 Å². The number of aromatic nitrogens is 1. The highest BCUT2D eigenvalue weighted by Gasteiger charge is 2.37. The van der Waals surface area contributed by atoms with E-state index in [9.17, 15) is 9.59 Å². The molecule has 1 aromatic heterocycles. The van der Waals surface area contributed by atoms with Crippen LogP contribution in [0, 0.1) is 6.92 Å². The molecule has 98 valence electrons. The van der Waals surface area contributed by atoms with Crippen molar-refractivity contribution in [3.63, 3.8) is 0 Å². The average molecular weight is 267 g/mol. The Morgan fingerprint density at radius 2 is 2.22 bits per heavy atom. The minimum absolute atomic E-state index is 0.0192. The van der Waals surface area contributed by atoms with Gasteiger partial charge in [0.1, 0.15) is 12.1 Å². The van der Waals surface area contributed by atoms with Crippen molar-refractivity contribution in [3.05, 3.63) is 16.1 Å². The molecule has 5 nitrogen and oxygen atoms in total. The number of aryl methyl sites for hydroxylation is 1. The van der Waals surface area contributed by atoms with E-state index >= 15 is 0 Å². The summed E-state index contributed by atoms with van der Waals surface area (Å²) in [5, 5.41) is 2.71. The van der Waals surface area contributed by atoms with E-state index in [1.165, 1.54) is 11.3 Å². The SMILES string of the molecule is CCC1C(=O)NC(C)C(=O)N1Cc1scnc1C. The van der Waals surface area contributed by atoms with Gasteiger partial charge in [-0.2, -0.15) is 0 Å². The maximum Gasteiger partial charge on any atom is 0.245 e. The highest BCUT2D eigenvalue weighted by molar-refractivity contribution is 7.09. The van der Waals surface area contributed by atoms with Crippen LogP contribution in [0.3, 0.4) is 0 Å². The van der Waals surface area contributed by atoms with Crippen LogP contribution in [0.1, 0.15) is 30.8 Å². The molecule has 2 rings (SSSR count). The van der Waals surface area contributed by atoms with Gasteiger partial charge in [0.25, 0.3) is 0 Å². The number of hydrogen-bond donors (Lipinski definition) is 1. The molecule has 1 fully saturated rings. The summed E-state index contributed by atoms with van der Waals surface area (Å²) in [4.78, 5) is 31.0. The molecule has 1 saturated heterocycles. The molecule has 1 aliphatic rings. The zero-order chi connectivity index (χ0) is 13.3. The third-order valence-electron chi connectivity index (χ3n) is 3.24. The van der Waals surface area contributed by atoms with Gasteiger partial charge in [0.2, 0.25) is 11.8 Å². The van der Waals surface area contributed by atoms with Gasteiger partial charge in [-0.3, -0.25) is 9.59 Å². The summed E-state index contributed by atoms with van der Waals surface area (Å²) in [6.07, 6.45) is 0.627. The number of carbonyl (C=O) groups excluding carboxylic acids is 2. The monoisotopic (exact) mass is 267 g/mol. The summed E-state index contributed by atoms with van der Waals surface area (Å²) in [6.45, 7) is 6.04. The zero-order valence-corrected chi connectivity index (χ0v) is 11.6. The van der Waals surface area contributed by atoms with Gasteiger partial charge in [-0.1, -0.05) is 6.92 Å². The van der Waals surface area contributed by atoms with Gasteiger partial charge in [-0.15, -0.1) is 11.3 Å². The Morgan fingerprint density at radius 3 is 2.78 bits per heavy atom. The van der Waals surface area contributed by atoms with Crippen molar-refractivity contribution in [1.29, 1.82) is 0 Å². The molecule has 2 amide bonds. The van der Waals surface area contributed by atoms with Crippen molar-refractivity contribution in [2.75, 3.05) is 0 Å². The number of nitrogens with one attached hydrogen (secondary N) is 1. The second kappa shape index (κ2) is 5.06. The van der Waals surface area contributed by atoms with Gasteiger partial charge in [-0.25, -0.2) is 4.98 Å². The Bertz CT molecular complexity index is 472. The molecule has 0 aliphatic carbocycles. The fourth-order valence-electron chi connectivity index (χ4n) is 2.14. The second-order valence-corrected chi connectivity index (χ2v) is 5.42. The van der Waals surface area contributed by atoms with Crippen molar-refractivity contribution in [3.8, 4) is 0 Å². The van der Waals surface area contributed by atoms with Gasteiger partial charge in [-0.05, 0) is 20.3 Å². The molecular weight excluding hydrogens is 250 g/mol. The molecule has 1 N–H and O–H groups in total. The normalized spacial score (nSPS) is 24.3. The highest BCUT2D eigenvalue weighted by atomic mass is 32.1. The maximum absolute atomic E-state index is 12.2. The lowest BCUT2D eigenvalue weighted by Gasteiger charge is -2.37. The number of nitrogens with zero attached hydrogens (tertiary/aromatic N) is 2. The van der Waals surface area contributed by atoms with E-state index in [1.807, 2.05) is 13.8 Å². The highest BCUT2D eigenvalue weighted by Crippen LogP contribution is 2.20. The van der Waals surface area contributed by atoms with Crippen LogP contribution in [0.25, 0.3) is 0 Å². The Morgan fingerprint density at radius 1 is 1.50 bits per heavy atom. The van der Waals surface area contributed by atoms with Crippen molar-refractivity contribution in [1.82, 2.24) is 15.2 Å². The predicted octanol–water partition coefficient (Wildman–Crippen LogP) is 1.08. The Hall–Kier alpha value is -1.43. The molecule has 2 atom stereocenters. The molecule has 18 heavy (non-hydrogen) atoms. The van der Waals surface area contributed by atoms with Crippen LogP contribution in [0.15, 0.2) is 5.51 Å². The topological polar surface area (TPSA) is 62.3 Å². The summed E-state index contributed by atoms with van der Waals surface area (Å²) >= 11 is 1.52.